The van der Waals surface area contributed by atoms with E-state index in [1.165, 1.54) is 19.3 Å². The topological polar surface area (TPSA) is 49.3 Å². The van der Waals surface area contributed by atoms with Crippen molar-refractivity contribution < 1.29 is 9.90 Å². The van der Waals surface area contributed by atoms with Crippen molar-refractivity contribution in [1.29, 1.82) is 0 Å². The normalized spacial score (nSPS) is 29.7. The van der Waals surface area contributed by atoms with Gasteiger partial charge in [-0.25, -0.2) is 0 Å². The van der Waals surface area contributed by atoms with Crippen molar-refractivity contribution in [3.8, 4) is 0 Å². The van der Waals surface area contributed by atoms with Gasteiger partial charge in [0.2, 0.25) is 0 Å². The summed E-state index contributed by atoms with van der Waals surface area (Å²) >= 11 is 0. The molecule has 0 aromatic heterocycles. The van der Waals surface area contributed by atoms with Gasteiger partial charge in [-0.3, -0.25) is 10.1 Å². The Morgan fingerprint density at radius 2 is 1.88 bits per heavy atom. The molecule has 0 aromatic rings. The molecule has 1 fully saturated rings. The van der Waals surface area contributed by atoms with Gasteiger partial charge in [0.15, 0.2) is 0 Å². The van der Waals surface area contributed by atoms with E-state index in [4.69, 9.17) is 0 Å². The van der Waals surface area contributed by atoms with Gasteiger partial charge >= 0.3 is 5.97 Å². The van der Waals surface area contributed by atoms with Crippen molar-refractivity contribution in [2.75, 3.05) is 0 Å². The fraction of sp³-hybridized carbons (Fsp3) is 0.923. The predicted molar refractivity (Wildman–Crippen MR) is 65.5 cm³/mol. The van der Waals surface area contributed by atoms with Crippen molar-refractivity contribution in [2.24, 2.45) is 5.92 Å². The number of nitrogens with one attached hydrogen (secondary N) is 1. The SMILES string of the molecule is CCC1CCC(NC(C)(CC)C(=O)O)CC1. The Labute approximate surface area is 98.6 Å². The van der Waals surface area contributed by atoms with Crippen LogP contribution in [0.2, 0.25) is 0 Å². The quantitative estimate of drug-likeness (QED) is 0.759. The first-order chi connectivity index (χ1) is 7.51. The van der Waals surface area contributed by atoms with Crippen LogP contribution >= 0.6 is 0 Å². The second kappa shape index (κ2) is 5.67. The Kier molecular flexibility index (Phi) is 4.78. The minimum absolute atomic E-state index is 0.392. The van der Waals surface area contributed by atoms with Gasteiger partial charge in [0.25, 0.3) is 0 Å². The highest BCUT2D eigenvalue weighted by Gasteiger charge is 2.34. The zero-order chi connectivity index (χ0) is 12.2. The Bertz CT molecular complexity index is 234. The highest BCUT2D eigenvalue weighted by molar-refractivity contribution is 5.78. The Morgan fingerprint density at radius 1 is 1.31 bits per heavy atom. The molecular weight excluding hydrogens is 202 g/mol. The number of aliphatic carboxylic acids is 1. The maximum Gasteiger partial charge on any atom is 0.323 e. The van der Waals surface area contributed by atoms with Gasteiger partial charge in [-0.15, -0.1) is 0 Å². The summed E-state index contributed by atoms with van der Waals surface area (Å²) in [5.74, 6) is 0.128. The molecule has 94 valence electrons. The van der Waals surface area contributed by atoms with Gasteiger partial charge in [0.05, 0.1) is 0 Å². The molecule has 1 saturated carbocycles. The summed E-state index contributed by atoms with van der Waals surface area (Å²) in [5, 5.41) is 12.5. The Hall–Kier alpha value is -0.570. The molecule has 1 rings (SSSR count). The highest BCUT2D eigenvalue weighted by Crippen LogP contribution is 2.28. The van der Waals surface area contributed by atoms with Gasteiger partial charge in [0, 0.05) is 6.04 Å². The molecule has 3 nitrogen and oxygen atoms in total. The summed E-state index contributed by atoms with van der Waals surface area (Å²) in [6.45, 7) is 5.96. The molecule has 1 unspecified atom stereocenters. The second-order valence-electron chi connectivity index (χ2n) is 5.26. The Balaban J connectivity index is 2.46. The van der Waals surface area contributed by atoms with Crippen LogP contribution < -0.4 is 5.32 Å². The van der Waals surface area contributed by atoms with Crippen LogP contribution in [0.4, 0.5) is 0 Å². The van der Waals surface area contributed by atoms with E-state index in [1.54, 1.807) is 6.92 Å². The van der Waals surface area contributed by atoms with Crippen LogP contribution in [0.1, 0.15) is 59.3 Å². The van der Waals surface area contributed by atoms with Crippen molar-refractivity contribution in [1.82, 2.24) is 5.32 Å². The van der Waals surface area contributed by atoms with Gasteiger partial charge in [-0.1, -0.05) is 20.3 Å². The molecule has 0 aromatic carbocycles. The first-order valence-electron chi connectivity index (χ1n) is 6.53. The van der Waals surface area contributed by atoms with E-state index in [0.717, 1.165) is 18.8 Å². The van der Waals surface area contributed by atoms with Crippen molar-refractivity contribution in [3.63, 3.8) is 0 Å². The second-order valence-corrected chi connectivity index (χ2v) is 5.26. The third-order valence-electron chi connectivity index (χ3n) is 4.13. The van der Waals surface area contributed by atoms with Crippen molar-refractivity contribution >= 4 is 5.97 Å². The monoisotopic (exact) mass is 227 g/mol. The highest BCUT2D eigenvalue weighted by atomic mass is 16.4. The number of carbonyl (C=O) groups is 1. The molecule has 1 atom stereocenters. The van der Waals surface area contributed by atoms with E-state index in [-0.39, 0.29) is 0 Å². The van der Waals surface area contributed by atoms with Crippen LogP contribution in [0.25, 0.3) is 0 Å². The lowest BCUT2D eigenvalue weighted by Gasteiger charge is -2.35. The molecule has 0 amide bonds. The summed E-state index contributed by atoms with van der Waals surface area (Å²) in [6.07, 6.45) is 6.64. The summed E-state index contributed by atoms with van der Waals surface area (Å²) in [4.78, 5) is 11.2. The van der Waals surface area contributed by atoms with Gasteiger partial charge in [0.1, 0.15) is 5.54 Å². The minimum Gasteiger partial charge on any atom is -0.480 e. The van der Waals surface area contributed by atoms with Crippen LogP contribution in [0, 0.1) is 5.92 Å². The van der Waals surface area contributed by atoms with E-state index in [2.05, 4.69) is 12.2 Å². The largest absolute Gasteiger partial charge is 0.480 e. The van der Waals surface area contributed by atoms with Crippen LogP contribution in [-0.2, 0) is 4.79 Å². The number of carboxylic acid groups (broad SMARTS) is 1. The third kappa shape index (κ3) is 3.21. The first-order valence-corrected chi connectivity index (χ1v) is 6.53. The van der Waals surface area contributed by atoms with Crippen LogP contribution in [-0.4, -0.2) is 22.7 Å². The third-order valence-corrected chi connectivity index (χ3v) is 4.13. The molecule has 0 bridgehead atoms. The lowest BCUT2D eigenvalue weighted by Crippen LogP contribution is -2.54. The molecular formula is C13H25NO2. The zero-order valence-corrected chi connectivity index (χ0v) is 10.8. The first kappa shape index (κ1) is 13.5. The van der Waals surface area contributed by atoms with Crippen molar-refractivity contribution in [3.05, 3.63) is 0 Å². The van der Waals surface area contributed by atoms with E-state index in [1.807, 2.05) is 6.92 Å². The molecule has 0 saturated heterocycles. The van der Waals surface area contributed by atoms with Gasteiger partial charge in [-0.2, -0.15) is 0 Å². The average Bonchev–Trinajstić information content (AvgIpc) is 2.29. The average molecular weight is 227 g/mol. The lowest BCUT2D eigenvalue weighted by atomic mass is 9.83. The number of hydrogen-bond acceptors (Lipinski definition) is 2. The van der Waals surface area contributed by atoms with Crippen LogP contribution in [0.3, 0.4) is 0 Å². The maximum atomic E-state index is 11.2. The maximum absolute atomic E-state index is 11.2. The van der Waals surface area contributed by atoms with Crippen LogP contribution in [0.5, 0.6) is 0 Å². The smallest absolute Gasteiger partial charge is 0.323 e. The number of hydrogen-bond donors (Lipinski definition) is 2. The van der Waals surface area contributed by atoms with E-state index >= 15 is 0 Å². The molecule has 0 heterocycles. The van der Waals surface area contributed by atoms with E-state index in [0.29, 0.717) is 12.5 Å². The standard InChI is InChI=1S/C13H25NO2/c1-4-10-6-8-11(9-7-10)14-13(3,5-2)12(15)16/h10-11,14H,4-9H2,1-3H3,(H,15,16). The molecule has 16 heavy (non-hydrogen) atoms. The molecule has 0 spiro atoms. The molecule has 2 N–H and O–H groups in total. The minimum atomic E-state index is -0.746. The molecule has 1 aliphatic carbocycles. The number of rotatable bonds is 5. The zero-order valence-electron chi connectivity index (χ0n) is 10.8. The predicted octanol–water partition coefficient (Wildman–Crippen LogP) is 2.80. The summed E-state index contributed by atoms with van der Waals surface area (Å²) < 4.78 is 0. The summed E-state index contributed by atoms with van der Waals surface area (Å²) in [5.41, 5.74) is -0.746. The fourth-order valence-corrected chi connectivity index (χ4v) is 2.48. The molecule has 0 aliphatic heterocycles. The van der Waals surface area contributed by atoms with Crippen LogP contribution in [0.15, 0.2) is 0 Å². The molecule has 0 radical (unpaired) electrons. The van der Waals surface area contributed by atoms with Gasteiger partial charge < -0.3 is 5.11 Å². The summed E-state index contributed by atoms with van der Waals surface area (Å²) in [6, 6.07) is 0.392. The number of carboxylic acids is 1. The molecule has 3 heteroatoms. The van der Waals surface area contributed by atoms with E-state index < -0.39 is 11.5 Å². The van der Waals surface area contributed by atoms with Gasteiger partial charge in [-0.05, 0) is 44.9 Å². The molecule has 1 aliphatic rings. The van der Waals surface area contributed by atoms with Crippen molar-refractivity contribution in [2.45, 2.75) is 70.9 Å². The Morgan fingerprint density at radius 3 is 2.25 bits per heavy atom. The summed E-state index contributed by atoms with van der Waals surface area (Å²) in [7, 11) is 0. The fourth-order valence-electron chi connectivity index (χ4n) is 2.48. The van der Waals surface area contributed by atoms with E-state index in [9.17, 15) is 9.90 Å². The lowest BCUT2D eigenvalue weighted by molar-refractivity contribution is -0.144.